The number of hydrogen-bond donors (Lipinski definition) is 2. The molecule has 2 N–H and O–H groups in total. The predicted octanol–water partition coefficient (Wildman–Crippen LogP) is 1.95. The summed E-state index contributed by atoms with van der Waals surface area (Å²) < 4.78 is 26.3. The molecule has 0 saturated heterocycles. The molecule has 9 heteroatoms. The Morgan fingerprint density at radius 2 is 1.69 bits per heavy atom. The third-order valence-corrected chi connectivity index (χ3v) is 4.01. The van der Waals surface area contributed by atoms with Crippen LogP contribution >= 0.6 is 0 Å². The lowest BCUT2D eigenvalue weighted by molar-refractivity contribution is 0.102. The van der Waals surface area contributed by atoms with Crippen LogP contribution in [0.1, 0.15) is 16.1 Å². The zero-order valence-electron chi connectivity index (χ0n) is 14.0. The normalized spacial score (nSPS) is 11.1. The van der Waals surface area contributed by atoms with E-state index >= 15 is 0 Å². The van der Waals surface area contributed by atoms with Crippen LogP contribution in [0.25, 0.3) is 0 Å². The molecular weight excluding hydrogens is 354 g/mol. The zero-order valence-corrected chi connectivity index (χ0v) is 14.8. The van der Waals surface area contributed by atoms with Crippen molar-refractivity contribution in [1.29, 1.82) is 0 Å². The van der Waals surface area contributed by atoms with Gasteiger partial charge in [0.05, 0.1) is 19.0 Å². The summed E-state index contributed by atoms with van der Waals surface area (Å²) in [6, 6.07) is 16.0. The Kier molecular flexibility index (Phi) is 4.99. The van der Waals surface area contributed by atoms with Crippen LogP contribution in [0, 0.1) is 0 Å². The number of amides is 1. The van der Waals surface area contributed by atoms with E-state index in [2.05, 4.69) is 20.4 Å². The molecule has 2 aromatic carbocycles. The summed E-state index contributed by atoms with van der Waals surface area (Å²) in [6.07, 6.45) is 2.64. The summed E-state index contributed by atoms with van der Waals surface area (Å²) in [6.45, 7) is 0.521. The molecule has 1 heterocycles. The fraction of sp³-hybridized carbons (Fsp3) is 0.118. The fourth-order valence-electron chi connectivity index (χ4n) is 2.28. The van der Waals surface area contributed by atoms with E-state index in [0.717, 1.165) is 11.8 Å². The standard InChI is InChI=1S/C17H17N5O3S/c1-26(24,25)20-15-9-7-14(8-10-15)18-17(23)16-12-22(21-19-16)11-13-5-3-2-4-6-13/h2-10,12,20H,11H2,1H3,(H,18,23). The number of rotatable bonds is 6. The third kappa shape index (κ3) is 4.90. The first-order chi connectivity index (χ1) is 12.4. The first-order valence-corrected chi connectivity index (χ1v) is 9.61. The van der Waals surface area contributed by atoms with Gasteiger partial charge in [-0.3, -0.25) is 9.52 Å². The average molecular weight is 371 g/mol. The molecule has 26 heavy (non-hydrogen) atoms. The van der Waals surface area contributed by atoms with Gasteiger partial charge < -0.3 is 5.32 Å². The number of nitrogens with zero attached hydrogens (tertiary/aromatic N) is 3. The topological polar surface area (TPSA) is 106 Å². The number of anilines is 2. The van der Waals surface area contributed by atoms with Crippen molar-refractivity contribution in [3.63, 3.8) is 0 Å². The Hall–Kier alpha value is -3.20. The summed E-state index contributed by atoms with van der Waals surface area (Å²) in [5.41, 5.74) is 2.18. The molecule has 0 aliphatic carbocycles. The molecule has 0 saturated carbocycles. The van der Waals surface area contributed by atoms with Crippen molar-refractivity contribution in [2.45, 2.75) is 6.54 Å². The molecule has 0 unspecified atom stereocenters. The Labute approximate surface area is 150 Å². The lowest BCUT2D eigenvalue weighted by Gasteiger charge is -2.06. The molecule has 1 amide bonds. The van der Waals surface area contributed by atoms with Crippen LogP contribution in [0.15, 0.2) is 60.8 Å². The number of carbonyl (C=O) groups excluding carboxylic acids is 1. The summed E-state index contributed by atoms with van der Waals surface area (Å²) in [4.78, 5) is 12.3. The van der Waals surface area contributed by atoms with Crippen LogP contribution in [-0.2, 0) is 16.6 Å². The van der Waals surface area contributed by atoms with Gasteiger partial charge in [0.25, 0.3) is 5.91 Å². The molecule has 1 aromatic heterocycles. The Bertz CT molecular complexity index is 998. The number of hydrogen-bond acceptors (Lipinski definition) is 5. The van der Waals surface area contributed by atoms with Gasteiger partial charge in [0.15, 0.2) is 5.69 Å². The zero-order chi connectivity index (χ0) is 18.6. The molecule has 0 bridgehead atoms. The van der Waals surface area contributed by atoms with Gasteiger partial charge in [-0.2, -0.15) is 0 Å². The summed E-state index contributed by atoms with van der Waals surface area (Å²) in [5, 5.41) is 10.5. The Balaban J connectivity index is 1.63. The molecule has 3 rings (SSSR count). The highest BCUT2D eigenvalue weighted by Crippen LogP contribution is 2.15. The van der Waals surface area contributed by atoms with E-state index in [4.69, 9.17) is 0 Å². The minimum Gasteiger partial charge on any atom is -0.321 e. The molecule has 0 atom stereocenters. The highest BCUT2D eigenvalue weighted by molar-refractivity contribution is 7.92. The maximum Gasteiger partial charge on any atom is 0.277 e. The van der Waals surface area contributed by atoms with Crippen molar-refractivity contribution in [2.75, 3.05) is 16.3 Å². The minimum atomic E-state index is -3.34. The lowest BCUT2D eigenvalue weighted by atomic mass is 10.2. The van der Waals surface area contributed by atoms with Gasteiger partial charge in [0.1, 0.15) is 0 Å². The van der Waals surface area contributed by atoms with Gasteiger partial charge in [-0.1, -0.05) is 35.5 Å². The summed E-state index contributed by atoms with van der Waals surface area (Å²) in [5.74, 6) is -0.395. The average Bonchev–Trinajstić information content (AvgIpc) is 3.05. The quantitative estimate of drug-likeness (QED) is 0.689. The Morgan fingerprint density at radius 1 is 1.04 bits per heavy atom. The molecule has 3 aromatic rings. The number of benzene rings is 2. The number of nitrogens with one attached hydrogen (secondary N) is 2. The molecule has 0 spiro atoms. The van der Waals surface area contributed by atoms with Gasteiger partial charge >= 0.3 is 0 Å². The maximum absolute atomic E-state index is 12.3. The molecule has 0 aliphatic heterocycles. The molecular formula is C17H17N5O3S. The van der Waals surface area contributed by atoms with Crippen molar-refractivity contribution < 1.29 is 13.2 Å². The molecule has 0 radical (unpaired) electrons. The van der Waals surface area contributed by atoms with E-state index in [0.29, 0.717) is 17.9 Å². The van der Waals surface area contributed by atoms with E-state index in [9.17, 15) is 13.2 Å². The maximum atomic E-state index is 12.3. The second-order valence-corrected chi connectivity index (χ2v) is 7.44. The summed E-state index contributed by atoms with van der Waals surface area (Å²) in [7, 11) is -3.34. The van der Waals surface area contributed by atoms with Crippen molar-refractivity contribution in [3.05, 3.63) is 72.1 Å². The third-order valence-electron chi connectivity index (χ3n) is 3.40. The number of sulfonamides is 1. The van der Waals surface area contributed by atoms with Crippen molar-refractivity contribution in [1.82, 2.24) is 15.0 Å². The highest BCUT2D eigenvalue weighted by Gasteiger charge is 2.11. The van der Waals surface area contributed by atoms with Gasteiger partial charge in [-0.05, 0) is 29.8 Å². The van der Waals surface area contributed by atoms with Crippen LogP contribution in [0.2, 0.25) is 0 Å². The van der Waals surface area contributed by atoms with Gasteiger partial charge in [0, 0.05) is 11.4 Å². The van der Waals surface area contributed by atoms with Crippen LogP contribution in [0.3, 0.4) is 0 Å². The van der Waals surface area contributed by atoms with Crippen molar-refractivity contribution >= 4 is 27.3 Å². The van der Waals surface area contributed by atoms with Crippen molar-refractivity contribution in [2.24, 2.45) is 0 Å². The SMILES string of the molecule is CS(=O)(=O)Nc1ccc(NC(=O)c2cn(Cc3ccccc3)nn2)cc1. The number of aromatic nitrogens is 3. The second kappa shape index (κ2) is 7.36. The van der Waals surface area contributed by atoms with E-state index in [1.165, 1.54) is 0 Å². The van der Waals surface area contributed by atoms with Crippen LogP contribution in [-0.4, -0.2) is 35.6 Å². The van der Waals surface area contributed by atoms with Gasteiger partial charge in [0.2, 0.25) is 10.0 Å². The number of carbonyl (C=O) groups is 1. The second-order valence-electron chi connectivity index (χ2n) is 5.69. The molecule has 8 nitrogen and oxygen atoms in total. The van der Waals surface area contributed by atoms with E-state index < -0.39 is 15.9 Å². The van der Waals surface area contributed by atoms with Crippen LogP contribution in [0.4, 0.5) is 11.4 Å². The highest BCUT2D eigenvalue weighted by atomic mass is 32.2. The molecule has 134 valence electrons. The first-order valence-electron chi connectivity index (χ1n) is 7.72. The van der Waals surface area contributed by atoms with Crippen LogP contribution in [0.5, 0.6) is 0 Å². The first kappa shape index (κ1) is 17.6. The smallest absolute Gasteiger partial charge is 0.277 e. The molecule has 0 fully saturated rings. The minimum absolute atomic E-state index is 0.194. The largest absolute Gasteiger partial charge is 0.321 e. The molecule has 0 aliphatic rings. The van der Waals surface area contributed by atoms with Crippen LogP contribution < -0.4 is 10.0 Å². The van der Waals surface area contributed by atoms with Crippen molar-refractivity contribution in [3.8, 4) is 0 Å². The predicted molar refractivity (Wildman–Crippen MR) is 98.4 cm³/mol. The van der Waals surface area contributed by atoms with Gasteiger partial charge in [-0.15, -0.1) is 5.10 Å². The van der Waals surface area contributed by atoms with E-state index in [-0.39, 0.29) is 5.69 Å². The van der Waals surface area contributed by atoms with Gasteiger partial charge in [-0.25, -0.2) is 13.1 Å². The van der Waals surface area contributed by atoms with E-state index in [1.54, 1.807) is 35.1 Å². The summed E-state index contributed by atoms with van der Waals surface area (Å²) >= 11 is 0. The fourth-order valence-corrected chi connectivity index (χ4v) is 2.85. The Morgan fingerprint density at radius 3 is 2.35 bits per heavy atom. The lowest BCUT2D eigenvalue weighted by Crippen LogP contribution is -2.13. The van der Waals surface area contributed by atoms with E-state index in [1.807, 2.05) is 30.3 Å². The monoisotopic (exact) mass is 371 g/mol.